The highest BCUT2D eigenvalue weighted by atomic mass is 16.7. The second-order valence-electron chi connectivity index (χ2n) is 5.89. The van der Waals surface area contributed by atoms with Crippen LogP contribution >= 0.6 is 0 Å². The quantitative estimate of drug-likeness (QED) is 0.705. The number of carbonyl (C=O) groups excluding carboxylic acids is 2. The fourth-order valence-corrected chi connectivity index (χ4v) is 2.64. The summed E-state index contributed by atoms with van der Waals surface area (Å²) < 4.78 is 10.7. The van der Waals surface area contributed by atoms with E-state index in [2.05, 4.69) is 5.32 Å². The number of hydrogen-bond donors (Lipinski definition) is 1. The Hall–Kier alpha value is -2.24. The molecule has 0 radical (unpaired) electrons. The first-order valence-electron chi connectivity index (χ1n) is 8.51. The summed E-state index contributed by atoms with van der Waals surface area (Å²) in [7, 11) is 0. The van der Waals surface area contributed by atoms with Gasteiger partial charge in [0.25, 0.3) is 0 Å². The Morgan fingerprint density at radius 3 is 2.71 bits per heavy atom. The molecule has 0 fully saturated rings. The van der Waals surface area contributed by atoms with Crippen LogP contribution in [0.2, 0.25) is 0 Å². The van der Waals surface area contributed by atoms with Crippen LogP contribution in [0, 0.1) is 0 Å². The molecule has 0 atom stereocenters. The lowest BCUT2D eigenvalue weighted by Gasteiger charge is -2.21. The second-order valence-corrected chi connectivity index (χ2v) is 5.89. The van der Waals surface area contributed by atoms with Gasteiger partial charge < -0.3 is 19.7 Å². The molecular weight excluding hydrogens is 308 g/mol. The van der Waals surface area contributed by atoms with E-state index < -0.39 is 0 Å². The predicted octanol–water partition coefficient (Wildman–Crippen LogP) is 2.46. The molecule has 2 rings (SSSR count). The number of nitrogens with one attached hydrogen (secondary N) is 1. The molecule has 1 aromatic rings. The van der Waals surface area contributed by atoms with Crippen molar-refractivity contribution in [1.29, 1.82) is 0 Å². The van der Waals surface area contributed by atoms with Gasteiger partial charge in [0.15, 0.2) is 11.5 Å². The largest absolute Gasteiger partial charge is 0.454 e. The normalized spacial score (nSPS) is 12.1. The molecule has 0 spiro atoms. The second kappa shape index (κ2) is 9.15. The Kier molecular flexibility index (Phi) is 6.90. The standard InChI is InChI=1S/C18H26N2O4/c1-3-20(18(22)7-5-4-6-10-19-14(2)21)12-15-8-9-16-17(11-15)24-13-23-16/h8-9,11H,3-7,10,12-13H2,1-2H3,(H,19,21). The maximum Gasteiger partial charge on any atom is 0.231 e. The monoisotopic (exact) mass is 334 g/mol. The van der Waals surface area contributed by atoms with Gasteiger partial charge >= 0.3 is 0 Å². The third kappa shape index (κ3) is 5.44. The van der Waals surface area contributed by atoms with Crippen LogP contribution < -0.4 is 14.8 Å². The highest BCUT2D eigenvalue weighted by Gasteiger charge is 2.16. The maximum absolute atomic E-state index is 12.4. The van der Waals surface area contributed by atoms with E-state index in [1.165, 1.54) is 6.92 Å². The van der Waals surface area contributed by atoms with Crippen LogP contribution in [0.4, 0.5) is 0 Å². The first-order valence-corrected chi connectivity index (χ1v) is 8.51. The van der Waals surface area contributed by atoms with Crippen LogP contribution in [0.15, 0.2) is 18.2 Å². The summed E-state index contributed by atoms with van der Waals surface area (Å²) in [6.45, 7) is 5.70. The van der Waals surface area contributed by atoms with Crippen LogP contribution in [0.1, 0.15) is 45.1 Å². The van der Waals surface area contributed by atoms with Gasteiger partial charge in [0.05, 0.1) is 0 Å². The molecule has 24 heavy (non-hydrogen) atoms. The predicted molar refractivity (Wildman–Crippen MR) is 90.8 cm³/mol. The molecule has 6 nitrogen and oxygen atoms in total. The van der Waals surface area contributed by atoms with Gasteiger partial charge in [-0.15, -0.1) is 0 Å². The fraction of sp³-hybridized carbons (Fsp3) is 0.556. The number of hydrogen-bond acceptors (Lipinski definition) is 4. The highest BCUT2D eigenvalue weighted by Crippen LogP contribution is 2.32. The van der Waals surface area contributed by atoms with Gasteiger partial charge in [-0.05, 0) is 37.5 Å². The van der Waals surface area contributed by atoms with E-state index in [1.54, 1.807) is 0 Å². The van der Waals surface area contributed by atoms with Gasteiger partial charge in [-0.25, -0.2) is 0 Å². The van der Waals surface area contributed by atoms with Crippen LogP contribution in [0.3, 0.4) is 0 Å². The number of nitrogens with zero attached hydrogens (tertiary/aromatic N) is 1. The minimum absolute atomic E-state index is 0.00744. The van der Waals surface area contributed by atoms with Crippen molar-refractivity contribution in [3.8, 4) is 11.5 Å². The number of carbonyl (C=O) groups is 2. The molecule has 1 aliphatic rings. The van der Waals surface area contributed by atoms with Crippen molar-refractivity contribution in [1.82, 2.24) is 10.2 Å². The smallest absolute Gasteiger partial charge is 0.231 e. The van der Waals surface area contributed by atoms with Crippen molar-refractivity contribution in [2.24, 2.45) is 0 Å². The van der Waals surface area contributed by atoms with Crippen molar-refractivity contribution >= 4 is 11.8 Å². The Morgan fingerprint density at radius 1 is 1.17 bits per heavy atom. The van der Waals surface area contributed by atoms with Gasteiger partial charge in [-0.1, -0.05) is 12.5 Å². The summed E-state index contributed by atoms with van der Waals surface area (Å²) in [6.07, 6.45) is 3.23. The molecule has 0 saturated heterocycles. The molecule has 132 valence electrons. The molecule has 1 N–H and O–H groups in total. The number of ether oxygens (including phenoxy) is 2. The average Bonchev–Trinajstić information content (AvgIpc) is 3.03. The van der Waals surface area contributed by atoms with Crippen molar-refractivity contribution in [2.45, 2.75) is 46.1 Å². The molecule has 1 aromatic carbocycles. The summed E-state index contributed by atoms with van der Waals surface area (Å²) in [4.78, 5) is 25.0. The van der Waals surface area contributed by atoms with Crippen LogP contribution in [-0.4, -0.2) is 36.6 Å². The molecule has 0 unspecified atom stereocenters. The molecule has 6 heteroatoms. The third-order valence-corrected chi connectivity index (χ3v) is 3.99. The van der Waals surface area contributed by atoms with E-state index in [1.807, 2.05) is 30.0 Å². The Labute approximate surface area is 143 Å². The van der Waals surface area contributed by atoms with E-state index in [4.69, 9.17) is 9.47 Å². The SMILES string of the molecule is CCN(Cc1ccc2c(c1)OCO2)C(=O)CCCCCNC(C)=O. The molecule has 0 bridgehead atoms. The van der Waals surface area contributed by atoms with Crippen LogP contribution in [-0.2, 0) is 16.1 Å². The average molecular weight is 334 g/mol. The van der Waals surface area contributed by atoms with Crippen LogP contribution in [0.25, 0.3) is 0 Å². The van der Waals surface area contributed by atoms with E-state index in [9.17, 15) is 9.59 Å². The van der Waals surface area contributed by atoms with E-state index in [0.29, 0.717) is 26.1 Å². The maximum atomic E-state index is 12.4. The van der Waals surface area contributed by atoms with Gasteiger partial charge in [0, 0.05) is 33.0 Å². The Balaban J connectivity index is 1.74. The van der Waals surface area contributed by atoms with Crippen molar-refractivity contribution in [2.75, 3.05) is 19.9 Å². The van der Waals surface area contributed by atoms with Gasteiger partial charge in [0.1, 0.15) is 0 Å². The number of fused-ring (bicyclic) bond motifs is 1. The van der Waals surface area contributed by atoms with Gasteiger partial charge in [-0.2, -0.15) is 0 Å². The minimum atomic E-state index is -0.00744. The van der Waals surface area contributed by atoms with Gasteiger partial charge in [-0.3, -0.25) is 9.59 Å². The summed E-state index contributed by atoms with van der Waals surface area (Å²) in [5.41, 5.74) is 1.04. The fourth-order valence-electron chi connectivity index (χ4n) is 2.64. The molecular formula is C18H26N2O4. The zero-order valence-corrected chi connectivity index (χ0v) is 14.5. The zero-order valence-electron chi connectivity index (χ0n) is 14.5. The lowest BCUT2D eigenvalue weighted by atomic mass is 10.1. The van der Waals surface area contributed by atoms with Gasteiger partial charge in [0.2, 0.25) is 18.6 Å². The number of rotatable bonds is 9. The summed E-state index contributed by atoms with van der Waals surface area (Å²) in [5.74, 6) is 1.66. The summed E-state index contributed by atoms with van der Waals surface area (Å²) >= 11 is 0. The van der Waals surface area contributed by atoms with E-state index in [0.717, 1.165) is 36.3 Å². The number of amides is 2. The van der Waals surface area contributed by atoms with Crippen molar-refractivity contribution < 1.29 is 19.1 Å². The van der Waals surface area contributed by atoms with Crippen molar-refractivity contribution in [3.05, 3.63) is 23.8 Å². The molecule has 1 heterocycles. The van der Waals surface area contributed by atoms with Crippen molar-refractivity contribution in [3.63, 3.8) is 0 Å². The molecule has 0 aliphatic carbocycles. The first-order chi connectivity index (χ1) is 11.6. The Bertz CT molecular complexity index is 574. The molecule has 0 saturated carbocycles. The van der Waals surface area contributed by atoms with E-state index >= 15 is 0 Å². The molecule has 1 aliphatic heterocycles. The third-order valence-electron chi connectivity index (χ3n) is 3.99. The minimum Gasteiger partial charge on any atom is -0.454 e. The van der Waals surface area contributed by atoms with Crippen LogP contribution in [0.5, 0.6) is 11.5 Å². The topological polar surface area (TPSA) is 67.9 Å². The Morgan fingerprint density at radius 2 is 1.96 bits per heavy atom. The lowest BCUT2D eigenvalue weighted by Crippen LogP contribution is -2.30. The number of unbranched alkanes of at least 4 members (excludes halogenated alkanes) is 2. The zero-order chi connectivity index (χ0) is 17.4. The lowest BCUT2D eigenvalue weighted by molar-refractivity contribution is -0.131. The first kappa shape index (κ1) is 18.1. The van der Waals surface area contributed by atoms with E-state index in [-0.39, 0.29) is 18.6 Å². The highest BCUT2D eigenvalue weighted by molar-refractivity contribution is 5.76. The molecule has 2 amide bonds. The summed E-state index contributed by atoms with van der Waals surface area (Å²) in [5, 5.41) is 2.76. The molecule has 0 aromatic heterocycles. The summed E-state index contributed by atoms with van der Waals surface area (Å²) in [6, 6.07) is 5.79. The number of benzene rings is 1.